The van der Waals surface area contributed by atoms with Gasteiger partial charge >= 0.3 is 5.97 Å². The van der Waals surface area contributed by atoms with Gasteiger partial charge in [0.2, 0.25) is 0 Å². The smallest absolute Gasteiger partial charge is 0.312 e. The molecule has 15 heavy (non-hydrogen) atoms. The Kier molecular flexibility index (Phi) is 3.49. The average Bonchev–Trinajstić information content (AvgIpc) is 2.18. The van der Waals surface area contributed by atoms with Gasteiger partial charge < -0.3 is 15.9 Å². The van der Waals surface area contributed by atoms with Crippen LogP contribution in [0.25, 0.3) is 0 Å². The molecule has 1 rings (SSSR count). The number of aliphatic carboxylic acids is 1. The summed E-state index contributed by atoms with van der Waals surface area (Å²) in [5.74, 6) is -4.23. The van der Waals surface area contributed by atoms with Crippen molar-refractivity contribution < 1.29 is 19.4 Å². The number of aromatic hydroxyl groups is 1. The van der Waals surface area contributed by atoms with E-state index < -0.39 is 23.5 Å². The minimum atomic E-state index is -1.29. The number of hydrogen-bond acceptors (Lipinski definition) is 3. The van der Waals surface area contributed by atoms with Gasteiger partial charge in [-0.3, -0.25) is 4.79 Å². The third kappa shape index (κ3) is 2.19. The Bertz CT molecular complexity index is 397. The van der Waals surface area contributed by atoms with E-state index in [1.165, 1.54) is 6.07 Å². The predicted octanol–water partition coefficient (Wildman–Crippen LogP) is 1.31. The van der Waals surface area contributed by atoms with Crippen molar-refractivity contribution in [3.05, 3.63) is 28.5 Å². The predicted molar refractivity (Wildman–Crippen MR) is 52.5 cm³/mol. The summed E-state index contributed by atoms with van der Waals surface area (Å²) in [6.45, 7) is -0.296. The molecule has 0 aliphatic carbocycles. The summed E-state index contributed by atoms with van der Waals surface area (Å²) < 4.78 is 13.4. The molecule has 0 amide bonds. The second-order valence-corrected chi connectivity index (χ2v) is 3.33. The van der Waals surface area contributed by atoms with Gasteiger partial charge in [-0.2, -0.15) is 0 Å². The third-order valence-electron chi connectivity index (χ3n) is 1.99. The number of rotatable bonds is 3. The standard InChI is InChI=1S/C9H9ClFNO3/c10-5-1-2-6(13)8(11)7(5)4(3-12)9(14)15/h1-2,4,13H,3,12H2,(H,14,15). The van der Waals surface area contributed by atoms with Crippen LogP contribution in [0, 0.1) is 5.82 Å². The van der Waals surface area contributed by atoms with E-state index in [1.54, 1.807) is 0 Å². The highest BCUT2D eigenvalue weighted by Gasteiger charge is 2.26. The summed E-state index contributed by atoms with van der Waals surface area (Å²) in [4.78, 5) is 10.8. The van der Waals surface area contributed by atoms with Crippen molar-refractivity contribution in [3.63, 3.8) is 0 Å². The van der Waals surface area contributed by atoms with Gasteiger partial charge in [0.15, 0.2) is 11.6 Å². The maximum Gasteiger partial charge on any atom is 0.312 e. The van der Waals surface area contributed by atoms with E-state index in [0.717, 1.165) is 6.07 Å². The van der Waals surface area contributed by atoms with Gasteiger partial charge in [-0.15, -0.1) is 0 Å². The second-order valence-electron chi connectivity index (χ2n) is 2.92. The highest BCUT2D eigenvalue weighted by atomic mass is 35.5. The Morgan fingerprint density at radius 1 is 1.60 bits per heavy atom. The van der Waals surface area contributed by atoms with Crippen molar-refractivity contribution in [1.29, 1.82) is 0 Å². The van der Waals surface area contributed by atoms with E-state index in [0.29, 0.717) is 0 Å². The van der Waals surface area contributed by atoms with Crippen LogP contribution in [-0.4, -0.2) is 22.7 Å². The quantitative estimate of drug-likeness (QED) is 0.735. The zero-order valence-corrected chi connectivity index (χ0v) is 8.33. The lowest BCUT2D eigenvalue weighted by molar-refractivity contribution is -0.138. The van der Waals surface area contributed by atoms with Crippen LogP contribution in [0.5, 0.6) is 5.75 Å². The molecule has 0 aliphatic heterocycles. The van der Waals surface area contributed by atoms with Gasteiger partial charge in [0, 0.05) is 17.1 Å². The van der Waals surface area contributed by atoms with Crippen molar-refractivity contribution in [2.24, 2.45) is 5.73 Å². The molecule has 1 unspecified atom stereocenters. The van der Waals surface area contributed by atoms with Crippen LogP contribution in [-0.2, 0) is 4.79 Å². The van der Waals surface area contributed by atoms with Gasteiger partial charge in [-0.25, -0.2) is 4.39 Å². The van der Waals surface area contributed by atoms with Crippen molar-refractivity contribution in [2.45, 2.75) is 5.92 Å². The Morgan fingerprint density at radius 2 is 2.20 bits per heavy atom. The van der Waals surface area contributed by atoms with E-state index in [1.807, 2.05) is 0 Å². The molecule has 1 atom stereocenters. The van der Waals surface area contributed by atoms with Crippen LogP contribution in [0.4, 0.5) is 4.39 Å². The minimum Gasteiger partial charge on any atom is -0.505 e. The summed E-state index contributed by atoms with van der Waals surface area (Å²) in [5, 5.41) is 17.8. The summed E-state index contributed by atoms with van der Waals surface area (Å²) in [6.07, 6.45) is 0. The highest BCUT2D eigenvalue weighted by molar-refractivity contribution is 6.31. The first-order valence-electron chi connectivity index (χ1n) is 4.08. The van der Waals surface area contributed by atoms with E-state index in [-0.39, 0.29) is 17.1 Å². The highest BCUT2D eigenvalue weighted by Crippen LogP contribution is 2.32. The fourth-order valence-electron chi connectivity index (χ4n) is 1.22. The minimum absolute atomic E-state index is 0.0665. The summed E-state index contributed by atoms with van der Waals surface area (Å²) in [6, 6.07) is 2.28. The molecule has 0 aliphatic rings. The van der Waals surface area contributed by atoms with E-state index in [4.69, 9.17) is 27.5 Å². The number of carbonyl (C=O) groups is 1. The Morgan fingerprint density at radius 3 is 2.67 bits per heavy atom. The number of phenolic OH excluding ortho intramolecular Hbond substituents is 1. The van der Waals surface area contributed by atoms with E-state index in [2.05, 4.69) is 0 Å². The Balaban J connectivity index is 3.34. The molecule has 0 fully saturated rings. The lowest BCUT2D eigenvalue weighted by Gasteiger charge is -2.13. The summed E-state index contributed by atoms with van der Waals surface area (Å²) in [7, 11) is 0. The molecule has 1 aromatic rings. The number of carboxylic acids is 1. The molecule has 6 heteroatoms. The van der Waals surface area contributed by atoms with Crippen molar-refractivity contribution in [2.75, 3.05) is 6.54 Å². The topological polar surface area (TPSA) is 83.6 Å². The van der Waals surface area contributed by atoms with Crippen LogP contribution < -0.4 is 5.73 Å². The van der Waals surface area contributed by atoms with Gasteiger partial charge in [0.25, 0.3) is 0 Å². The zero-order chi connectivity index (χ0) is 11.6. The maximum absolute atomic E-state index is 13.4. The number of benzene rings is 1. The lowest BCUT2D eigenvalue weighted by Crippen LogP contribution is -2.22. The molecular formula is C9H9ClFNO3. The number of halogens is 2. The first-order chi connectivity index (χ1) is 6.99. The molecule has 0 aromatic heterocycles. The van der Waals surface area contributed by atoms with Gasteiger partial charge in [0.05, 0.1) is 5.92 Å². The number of carboxylic acid groups (broad SMARTS) is 1. The molecule has 82 valence electrons. The monoisotopic (exact) mass is 233 g/mol. The summed E-state index contributed by atoms with van der Waals surface area (Å²) >= 11 is 5.65. The fourth-order valence-corrected chi connectivity index (χ4v) is 1.50. The first-order valence-corrected chi connectivity index (χ1v) is 4.46. The van der Waals surface area contributed by atoms with Gasteiger partial charge in [-0.05, 0) is 12.1 Å². The van der Waals surface area contributed by atoms with Crippen molar-refractivity contribution >= 4 is 17.6 Å². The molecule has 0 saturated carbocycles. The second kappa shape index (κ2) is 4.46. The van der Waals surface area contributed by atoms with E-state index >= 15 is 0 Å². The third-order valence-corrected chi connectivity index (χ3v) is 2.32. The molecule has 0 heterocycles. The van der Waals surface area contributed by atoms with Crippen LogP contribution in [0.2, 0.25) is 5.02 Å². The van der Waals surface area contributed by atoms with E-state index in [9.17, 15) is 9.18 Å². The Labute approximate surface area is 90.1 Å². The lowest BCUT2D eigenvalue weighted by atomic mass is 9.98. The van der Waals surface area contributed by atoms with Crippen LogP contribution in [0.1, 0.15) is 11.5 Å². The average molecular weight is 234 g/mol. The van der Waals surface area contributed by atoms with Crippen LogP contribution in [0.15, 0.2) is 12.1 Å². The van der Waals surface area contributed by atoms with Crippen LogP contribution in [0.3, 0.4) is 0 Å². The largest absolute Gasteiger partial charge is 0.505 e. The Hall–Kier alpha value is -1.33. The van der Waals surface area contributed by atoms with Crippen molar-refractivity contribution in [1.82, 2.24) is 0 Å². The normalized spacial score (nSPS) is 12.5. The molecule has 0 spiro atoms. The zero-order valence-electron chi connectivity index (χ0n) is 7.58. The van der Waals surface area contributed by atoms with Crippen molar-refractivity contribution in [3.8, 4) is 5.75 Å². The SMILES string of the molecule is NCC(C(=O)O)c1c(Cl)ccc(O)c1F. The van der Waals surface area contributed by atoms with Gasteiger partial charge in [0.1, 0.15) is 0 Å². The number of hydrogen-bond donors (Lipinski definition) is 3. The fraction of sp³-hybridized carbons (Fsp3) is 0.222. The molecule has 4 nitrogen and oxygen atoms in total. The summed E-state index contributed by atoms with van der Waals surface area (Å²) in [5.41, 5.74) is 4.92. The first kappa shape index (κ1) is 11.7. The number of phenols is 1. The molecule has 4 N–H and O–H groups in total. The molecule has 0 radical (unpaired) electrons. The number of nitrogens with two attached hydrogens (primary N) is 1. The molecule has 1 aromatic carbocycles. The van der Waals surface area contributed by atoms with Crippen LogP contribution >= 0.6 is 11.6 Å². The van der Waals surface area contributed by atoms with Gasteiger partial charge in [-0.1, -0.05) is 11.6 Å². The molecule has 0 saturated heterocycles. The molecular weight excluding hydrogens is 225 g/mol. The molecule has 0 bridgehead atoms. The maximum atomic E-state index is 13.4.